The molecule has 0 aromatic heterocycles. The molecule has 104 valence electrons. The first-order chi connectivity index (χ1) is 9.57. The number of hydrogen-bond acceptors (Lipinski definition) is 4. The number of carboxylic acid groups (broad SMARTS) is 1. The lowest BCUT2D eigenvalue weighted by atomic mass is 9.92. The Morgan fingerprint density at radius 3 is 1.65 bits per heavy atom. The van der Waals surface area contributed by atoms with Crippen molar-refractivity contribution >= 4 is 5.97 Å². The lowest BCUT2D eigenvalue weighted by molar-refractivity contribution is -0.154. The molecule has 1 aliphatic carbocycles. The van der Waals surface area contributed by atoms with Gasteiger partial charge in [0.1, 0.15) is 0 Å². The van der Waals surface area contributed by atoms with Crippen LogP contribution >= 0.6 is 0 Å². The van der Waals surface area contributed by atoms with Crippen LogP contribution in [0.5, 0.6) is 0 Å². The van der Waals surface area contributed by atoms with E-state index in [0.717, 1.165) is 11.1 Å². The quantitative estimate of drug-likeness (QED) is 0.575. The number of benzene rings is 2. The van der Waals surface area contributed by atoms with Crippen molar-refractivity contribution in [3.05, 3.63) is 59.7 Å². The molecule has 0 spiro atoms. The third-order valence-electron chi connectivity index (χ3n) is 3.23. The van der Waals surface area contributed by atoms with Gasteiger partial charge in [-0.15, -0.1) is 0 Å². The lowest BCUT2D eigenvalue weighted by Crippen LogP contribution is -2.34. The van der Waals surface area contributed by atoms with Crippen LogP contribution < -0.4 is 11.5 Å². The SMILES string of the molecule is NCN.O=C(O)C1(O)c2ccccc2-c2ccccc21. The molecule has 0 atom stereocenters. The van der Waals surface area contributed by atoms with E-state index in [1.54, 1.807) is 24.3 Å². The van der Waals surface area contributed by atoms with Crippen LogP contribution in [0.1, 0.15) is 11.1 Å². The molecular formula is C15H16N2O3. The van der Waals surface area contributed by atoms with Gasteiger partial charge >= 0.3 is 5.97 Å². The van der Waals surface area contributed by atoms with Crippen LogP contribution in [-0.4, -0.2) is 22.9 Å². The van der Waals surface area contributed by atoms with Crippen molar-refractivity contribution in [2.75, 3.05) is 6.67 Å². The van der Waals surface area contributed by atoms with Gasteiger partial charge in [-0.3, -0.25) is 0 Å². The first-order valence-electron chi connectivity index (χ1n) is 6.12. The molecule has 1 aliphatic rings. The van der Waals surface area contributed by atoms with E-state index in [1.807, 2.05) is 24.3 Å². The Morgan fingerprint density at radius 2 is 1.30 bits per heavy atom. The van der Waals surface area contributed by atoms with Crippen molar-refractivity contribution in [2.24, 2.45) is 11.5 Å². The Bertz CT molecular complexity index is 595. The summed E-state index contributed by atoms with van der Waals surface area (Å²) in [4.78, 5) is 11.4. The molecule has 5 heteroatoms. The topological polar surface area (TPSA) is 110 Å². The summed E-state index contributed by atoms with van der Waals surface area (Å²) in [6.45, 7) is 0.250. The summed E-state index contributed by atoms with van der Waals surface area (Å²) in [7, 11) is 0. The van der Waals surface area contributed by atoms with Crippen LogP contribution in [0.25, 0.3) is 11.1 Å². The fourth-order valence-corrected chi connectivity index (χ4v) is 2.44. The normalized spacial score (nSPS) is 13.8. The summed E-state index contributed by atoms with van der Waals surface area (Å²) in [5.74, 6) is -1.24. The first kappa shape index (κ1) is 14.2. The van der Waals surface area contributed by atoms with E-state index in [4.69, 9.17) is 0 Å². The predicted molar refractivity (Wildman–Crippen MR) is 75.8 cm³/mol. The second-order valence-corrected chi connectivity index (χ2v) is 4.34. The lowest BCUT2D eigenvalue weighted by Gasteiger charge is -2.19. The monoisotopic (exact) mass is 272 g/mol. The second-order valence-electron chi connectivity index (χ2n) is 4.34. The molecule has 0 amide bonds. The van der Waals surface area contributed by atoms with E-state index >= 15 is 0 Å². The van der Waals surface area contributed by atoms with Crippen molar-refractivity contribution in [3.8, 4) is 11.1 Å². The van der Waals surface area contributed by atoms with Crippen LogP contribution in [0.4, 0.5) is 0 Å². The van der Waals surface area contributed by atoms with Gasteiger partial charge in [-0.1, -0.05) is 48.5 Å². The zero-order valence-corrected chi connectivity index (χ0v) is 10.8. The van der Waals surface area contributed by atoms with E-state index < -0.39 is 11.6 Å². The number of carbonyl (C=O) groups is 1. The minimum Gasteiger partial charge on any atom is -0.479 e. The molecule has 0 aliphatic heterocycles. The number of rotatable bonds is 1. The number of carboxylic acids is 1. The minimum absolute atomic E-state index is 0.250. The average molecular weight is 272 g/mol. The van der Waals surface area contributed by atoms with Gasteiger partial charge in [0.15, 0.2) is 0 Å². The van der Waals surface area contributed by atoms with E-state index in [9.17, 15) is 15.0 Å². The van der Waals surface area contributed by atoms with Gasteiger partial charge in [0.05, 0.1) is 0 Å². The molecule has 2 aromatic rings. The summed E-state index contributed by atoms with van der Waals surface area (Å²) in [5, 5.41) is 19.8. The Balaban J connectivity index is 0.000000452. The van der Waals surface area contributed by atoms with Crippen LogP contribution in [-0.2, 0) is 10.4 Å². The third-order valence-corrected chi connectivity index (χ3v) is 3.23. The number of aliphatic carboxylic acids is 1. The summed E-state index contributed by atoms with van der Waals surface area (Å²) in [6, 6.07) is 14.1. The molecule has 20 heavy (non-hydrogen) atoms. The molecule has 0 heterocycles. The molecule has 5 nitrogen and oxygen atoms in total. The maximum absolute atomic E-state index is 11.4. The maximum atomic E-state index is 11.4. The zero-order chi connectivity index (χ0) is 14.8. The summed E-state index contributed by atoms with van der Waals surface area (Å²) >= 11 is 0. The molecular weight excluding hydrogens is 256 g/mol. The van der Waals surface area contributed by atoms with Crippen LogP contribution in [0.3, 0.4) is 0 Å². The van der Waals surface area contributed by atoms with Crippen molar-refractivity contribution in [3.63, 3.8) is 0 Å². The van der Waals surface area contributed by atoms with Gasteiger partial charge in [0.2, 0.25) is 5.60 Å². The Hall–Kier alpha value is -2.21. The van der Waals surface area contributed by atoms with Crippen molar-refractivity contribution in [1.82, 2.24) is 0 Å². The first-order valence-corrected chi connectivity index (χ1v) is 6.12. The van der Waals surface area contributed by atoms with Gasteiger partial charge in [0, 0.05) is 17.8 Å². The molecule has 6 N–H and O–H groups in total. The van der Waals surface area contributed by atoms with Crippen molar-refractivity contribution in [2.45, 2.75) is 5.60 Å². The fraction of sp³-hybridized carbons (Fsp3) is 0.133. The number of aliphatic hydroxyl groups is 1. The summed E-state index contributed by atoms with van der Waals surface area (Å²) < 4.78 is 0. The highest BCUT2D eigenvalue weighted by molar-refractivity contribution is 5.95. The van der Waals surface area contributed by atoms with Gasteiger partial charge in [-0.2, -0.15) is 0 Å². The van der Waals surface area contributed by atoms with E-state index in [0.29, 0.717) is 11.1 Å². The van der Waals surface area contributed by atoms with Crippen LogP contribution in [0, 0.1) is 0 Å². The Kier molecular flexibility index (Phi) is 3.85. The van der Waals surface area contributed by atoms with Gasteiger partial charge in [-0.25, -0.2) is 4.79 Å². The van der Waals surface area contributed by atoms with Crippen LogP contribution in [0.15, 0.2) is 48.5 Å². The highest BCUT2D eigenvalue weighted by Crippen LogP contribution is 2.47. The smallest absolute Gasteiger partial charge is 0.345 e. The van der Waals surface area contributed by atoms with Gasteiger partial charge < -0.3 is 21.7 Å². The van der Waals surface area contributed by atoms with E-state index in [2.05, 4.69) is 11.5 Å². The standard InChI is InChI=1S/C14H10O3.CH6N2/c15-13(16)14(17)11-7-3-1-5-9(11)10-6-2-4-8-12(10)14;2-1-3/h1-8,17H,(H,15,16);1-3H2. The Morgan fingerprint density at radius 1 is 0.950 bits per heavy atom. The molecule has 0 bridgehead atoms. The molecule has 0 saturated heterocycles. The molecule has 0 saturated carbocycles. The van der Waals surface area contributed by atoms with Crippen molar-refractivity contribution < 1.29 is 15.0 Å². The highest BCUT2D eigenvalue weighted by Gasteiger charge is 2.47. The van der Waals surface area contributed by atoms with Crippen LogP contribution in [0.2, 0.25) is 0 Å². The van der Waals surface area contributed by atoms with Crippen molar-refractivity contribution in [1.29, 1.82) is 0 Å². The Labute approximate surface area is 116 Å². The molecule has 0 radical (unpaired) electrons. The molecule has 0 fully saturated rings. The number of nitrogens with two attached hydrogens (primary N) is 2. The fourth-order valence-electron chi connectivity index (χ4n) is 2.44. The average Bonchev–Trinajstić information content (AvgIpc) is 2.72. The molecule has 2 aromatic carbocycles. The predicted octanol–water partition coefficient (Wildman–Crippen LogP) is 0.849. The number of fused-ring (bicyclic) bond motifs is 3. The largest absolute Gasteiger partial charge is 0.479 e. The van der Waals surface area contributed by atoms with Gasteiger partial charge in [0.25, 0.3) is 0 Å². The number of hydrogen-bond donors (Lipinski definition) is 4. The second kappa shape index (κ2) is 5.42. The summed E-state index contributed by atoms with van der Waals surface area (Å²) in [6.07, 6.45) is 0. The van der Waals surface area contributed by atoms with Gasteiger partial charge in [-0.05, 0) is 11.1 Å². The highest BCUT2D eigenvalue weighted by atomic mass is 16.4. The zero-order valence-electron chi connectivity index (χ0n) is 10.8. The molecule has 3 rings (SSSR count). The van der Waals surface area contributed by atoms with E-state index in [1.165, 1.54) is 0 Å². The van der Waals surface area contributed by atoms with E-state index in [-0.39, 0.29) is 6.67 Å². The summed E-state index contributed by atoms with van der Waals surface area (Å²) in [5.41, 5.74) is 9.77. The third kappa shape index (κ3) is 1.98. The minimum atomic E-state index is -1.92. The maximum Gasteiger partial charge on any atom is 0.345 e. The molecule has 0 unspecified atom stereocenters.